The topological polar surface area (TPSA) is 62.7 Å². The number of hydrogen-bond donors (Lipinski definition) is 2. The average Bonchev–Trinajstić information content (AvgIpc) is 2.80. The maximum absolute atomic E-state index is 11.4. The minimum absolute atomic E-state index is 0.125. The molecule has 0 spiro atoms. The highest BCUT2D eigenvalue weighted by atomic mass is 35.5. The van der Waals surface area contributed by atoms with E-state index >= 15 is 0 Å². The molecule has 0 saturated heterocycles. The van der Waals surface area contributed by atoms with Crippen molar-refractivity contribution < 1.29 is 0 Å². The molecule has 0 aliphatic heterocycles. The summed E-state index contributed by atoms with van der Waals surface area (Å²) in [6.07, 6.45) is 4.38. The van der Waals surface area contributed by atoms with Crippen molar-refractivity contribution in [1.29, 1.82) is 0 Å². The van der Waals surface area contributed by atoms with Gasteiger partial charge in [0.2, 0.25) is 0 Å². The van der Waals surface area contributed by atoms with Crippen molar-refractivity contribution in [3.05, 3.63) is 56.6 Å². The second-order valence-electron chi connectivity index (χ2n) is 5.03. The Morgan fingerprint density at radius 1 is 1.36 bits per heavy atom. The zero-order valence-corrected chi connectivity index (χ0v) is 13.4. The summed E-state index contributed by atoms with van der Waals surface area (Å²) in [5, 5.41) is 11.2. The van der Waals surface area contributed by atoms with Crippen LogP contribution in [0.25, 0.3) is 10.9 Å². The number of H-pyrrole nitrogens is 1. The number of nitrogens with one attached hydrogen (secondary N) is 2. The number of aromatic amines is 1. The summed E-state index contributed by atoms with van der Waals surface area (Å²) in [5.74, 6) is 0. The molecule has 3 aromatic rings. The number of nitrogens with zero attached hydrogens (tertiary/aromatic N) is 2. The van der Waals surface area contributed by atoms with Crippen molar-refractivity contribution in [3.63, 3.8) is 0 Å². The molecule has 0 atom stereocenters. The zero-order chi connectivity index (χ0) is 15.7. The molecule has 7 heteroatoms. The Balaban J connectivity index is 1.77. The van der Waals surface area contributed by atoms with Gasteiger partial charge < -0.3 is 9.88 Å². The van der Waals surface area contributed by atoms with Crippen molar-refractivity contribution in [2.75, 3.05) is 11.9 Å². The molecule has 1 aromatic carbocycles. The van der Waals surface area contributed by atoms with Crippen LogP contribution in [0.15, 0.2) is 35.4 Å². The molecule has 0 aliphatic carbocycles. The third-order valence-corrected chi connectivity index (χ3v) is 4.15. The van der Waals surface area contributed by atoms with Gasteiger partial charge in [-0.3, -0.25) is 4.79 Å². The SMILES string of the molecule is Cn1cc(CCNc2cn[nH]c(=O)c2Cl)c2ccc(Cl)cc21. The van der Waals surface area contributed by atoms with Crippen molar-refractivity contribution in [1.82, 2.24) is 14.8 Å². The van der Waals surface area contributed by atoms with Gasteiger partial charge in [0.15, 0.2) is 0 Å². The first-order chi connectivity index (χ1) is 10.6. The van der Waals surface area contributed by atoms with Crippen molar-refractivity contribution in [2.45, 2.75) is 6.42 Å². The van der Waals surface area contributed by atoms with Crippen LogP contribution in [0.3, 0.4) is 0 Å². The Bertz CT molecular complexity index is 885. The van der Waals surface area contributed by atoms with Crippen LogP contribution in [0.2, 0.25) is 10.0 Å². The first kappa shape index (κ1) is 14.9. The van der Waals surface area contributed by atoms with Crippen LogP contribution in [-0.4, -0.2) is 21.3 Å². The molecule has 0 bridgehead atoms. The van der Waals surface area contributed by atoms with Crippen molar-refractivity contribution in [2.24, 2.45) is 7.05 Å². The molecule has 0 saturated carbocycles. The summed E-state index contributed by atoms with van der Waals surface area (Å²) in [6, 6.07) is 5.86. The quantitative estimate of drug-likeness (QED) is 0.768. The van der Waals surface area contributed by atoms with E-state index in [4.69, 9.17) is 23.2 Å². The molecule has 0 fully saturated rings. The number of aryl methyl sites for hydroxylation is 1. The fourth-order valence-electron chi connectivity index (χ4n) is 2.48. The van der Waals surface area contributed by atoms with Crippen LogP contribution in [0.1, 0.15) is 5.56 Å². The van der Waals surface area contributed by atoms with E-state index in [-0.39, 0.29) is 5.02 Å². The lowest BCUT2D eigenvalue weighted by molar-refractivity contribution is 0.939. The number of benzene rings is 1. The summed E-state index contributed by atoms with van der Waals surface area (Å²) in [4.78, 5) is 11.4. The molecule has 3 rings (SSSR count). The van der Waals surface area contributed by atoms with Gasteiger partial charge >= 0.3 is 0 Å². The summed E-state index contributed by atoms with van der Waals surface area (Å²) in [5.41, 5.74) is 2.44. The molecule has 114 valence electrons. The predicted molar refractivity (Wildman–Crippen MR) is 90.0 cm³/mol. The lowest BCUT2D eigenvalue weighted by Gasteiger charge is -2.06. The monoisotopic (exact) mass is 336 g/mol. The molecular weight excluding hydrogens is 323 g/mol. The molecule has 0 aliphatic rings. The number of rotatable bonds is 4. The van der Waals surface area contributed by atoms with E-state index in [1.807, 2.05) is 25.2 Å². The Hall–Kier alpha value is -1.98. The van der Waals surface area contributed by atoms with Crippen LogP contribution in [0.4, 0.5) is 5.69 Å². The van der Waals surface area contributed by atoms with Crippen LogP contribution >= 0.6 is 23.2 Å². The fraction of sp³-hybridized carbons (Fsp3) is 0.200. The number of fused-ring (bicyclic) bond motifs is 1. The fourth-order valence-corrected chi connectivity index (χ4v) is 2.80. The summed E-state index contributed by atoms with van der Waals surface area (Å²) >= 11 is 12.0. The molecular formula is C15H14Cl2N4O. The van der Waals surface area contributed by atoms with Gasteiger partial charge in [0.25, 0.3) is 5.56 Å². The van der Waals surface area contributed by atoms with Gasteiger partial charge in [-0.25, -0.2) is 5.10 Å². The lowest BCUT2D eigenvalue weighted by Crippen LogP contribution is -2.13. The highest BCUT2D eigenvalue weighted by Crippen LogP contribution is 2.24. The second-order valence-corrected chi connectivity index (χ2v) is 5.84. The van der Waals surface area contributed by atoms with Crippen molar-refractivity contribution in [3.8, 4) is 0 Å². The van der Waals surface area contributed by atoms with Crippen molar-refractivity contribution >= 4 is 39.8 Å². The van der Waals surface area contributed by atoms with Crippen LogP contribution in [-0.2, 0) is 13.5 Å². The third kappa shape index (κ3) is 2.82. The zero-order valence-electron chi connectivity index (χ0n) is 11.9. The normalized spacial score (nSPS) is 11.0. The van der Waals surface area contributed by atoms with Crippen LogP contribution in [0.5, 0.6) is 0 Å². The van der Waals surface area contributed by atoms with E-state index in [1.165, 1.54) is 17.1 Å². The Morgan fingerprint density at radius 3 is 3.00 bits per heavy atom. The van der Waals surface area contributed by atoms with E-state index < -0.39 is 5.56 Å². The van der Waals surface area contributed by atoms with Gasteiger partial charge in [-0.05, 0) is 24.1 Å². The van der Waals surface area contributed by atoms with Gasteiger partial charge in [0.1, 0.15) is 5.02 Å². The lowest BCUT2D eigenvalue weighted by atomic mass is 10.1. The number of halogens is 2. The summed E-state index contributed by atoms with van der Waals surface area (Å²) in [6.45, 7) is 0.645. The molecule has 5 nitrogen and oxygen atoms in total. The first-order valence-electron chi connectivity index (χ1n) is 6.77. The Morgan fingerprint density at radius 2 is 2.18 bits per heavy atom. The molecule has 2 heterocycles. The minimum atomic E-state index is -0.397. The number of hydrogen-bond acceptors (Lipinski definition) is 3. The van der Waals surface area contributed by atoms with Gasteiger partial charge in [0, 0.05) is 35.7 Å². The molecule has 0 radical (unpaired) electrons. The maximum atomic E-state index is 11.4. The van der Waals surface area contributed by atoms with Gasteiger partial charge in [-0.2, -0.15) is 5.10 Å². The molecule has 2 aromatic heterocycles. The Labute approximate surface area is 136 Å². The summed E-state index contributed by atoms with van der Waals surface area (Å²) < 4.78 is 2.05. The van der Waals surface area contributed by atoms with Crippen LogP contribution in [0, 0.1) is 0 Å². The third-order valence-electron chi connectivity index (χ3n) is 3.54. The van der Waals surface area contributed by atoms with E-state index in [0.29, 0.717) is 12.2 Å². The van der Waals surface area contributed by atoms with Crippen LogP contribution < -0.4 is 10.9 Å². The predicted octanol–water partition coefficient (Wildman–Crippen LogP) is 3.22. The van der Waals surface area contributed by atoms with Gasteiger partial charge in [-0.1, -0.05) is 29.3 Å². The highest BCUT2D eigenvalue weighted by Gasteiger charge is 2.08. The second kappa shape index (κ2) is 6.02. The number of anilines is 1. The first-order valence-corrected chi connectivity index (χ1v) is 7.52. The van der Waals surface area contributed by atoms with E-state index in [2.05, 4.69) is 26.3 Å². The Kier molecular flexibility index (Phi) is 4.09. The highest BCUT2D eigenvalue weighted by molar-refractivity contribution is 6.33. The van der Waals surface area contributed by atoms with Gasteiger partial charge in [0.05, 0.1) is 11.9 Å². The smallest absolute Gasteiger partial charge is 0.285 e. The van der Waals surface area contributed by atoms with E-state index in [1.54, 1.807) is 0 Å². The average molecular weight is 337 g/mol. The standard InChI is InChI=1S/C15H14Cl2N4O/c1-21-8-9(11-3-2-10(16)6-13(11)21)4-5-18-12-7-19-20-15(22)14(12)17/h2-3,6-8H,4-5H2,1H3,(H2,18,20,22). The molecule has 0 unspecified atom stereocenters. The molecule has 0 amide bonds. The molecule has 2 N–H and O–H groups in total. The number of aromatic nitrogens is 3. The minimum Gasteiger partial charge on any atom is -0.382 e. The van der Waals surface area contributed by atoms with Gasteiger partial charge in [-0.15, -0.1) is 0 Å². The maximum Gasteiger partial charge on any atom is 0.285 e. The summed E-state index contributed by atoms with van der Waals surface area (Å²) in [7, 11) is 1.99. The van der Waals surface area contributed by atoms with E-state index in [9.17, 15) is 4.79 Å². The van der Waals surface area contributed by atoms with E-state index in [0.717, 1.165) is 17.0 Å². The largest absolute Gasteiger partial charge is 0.382 e. The molecule has 22 heavy (non-hydrogen) atoms.